The summed E-state index contributed by atoms with van der Waals surface area (Å²) in [6.07, 6.45) is 2.05. The van der Waals surface area contributed by atoms with Crippen LogP contribution in [0.4, 0.5) is 0 Å². The average Bonchev–Trinajstić information content (AvgIpc) is 3.13. The van der Waals surface area contributed by atoms with E-state index >= 15 is 0 Å². The Kier molecular flexibility index (Phi) is 4.89. The van der Waals surface area contributed by atoms with Crippen LogP contribution in [0.25, 0.3) is 0 Å². The highest BCUT2D eigenvalue weighted by Gasteiger charge is 2.27. The molecule has 2 aromatic rings. The van der Waals surface area contributed by atoms with E-state index in [9.17, 15) is 9.90 Å². The molecule has 2 heterocycles. The summed E-state index contributed by atoms with van der Waals surface area (Å²) in [7, 11) is 0. The van der Waals surface area contributed by atoms with Gasteiger partial charge in [0.1, 0.15) is 11.4 Å². The maximum atomic E-state index is 11.9. The fraction of sp³-hybridized carbons (Fsp3) is 0.562. The normalized spacial score (nSPS) is 14.5. The van der Waals surface area contributed by atoms with Crippen LogP contribution in [0.15, 0.2) is 27.3 Å². The van der Waals surface area contributed by atoms with Crippen molar-refractivity contribution in [2.45, 2.75) is 51.6 Å². The number of aromatic nitrogens is 2. The van der Waals surface area contributed by atoms with Gasteiger partial charge in [-0.1, -0.05) is 25.9 Å². The highest BCUT2D eigenvalue weighted by molar-refractivity contribution is 5.76. The van der Waals surface area contributed by atoms with E-state index in [-0.39, 0.29) is 24.3 Å². The number of nitrogens with one attached hydrogen (secondary N) is 1. The quantitative estimate of drug-likeness (QED) is 0.843. The maximum absolute atomic E-state index is 11.9. The Morgan fingerprint density at radius 2 is 2.09 bits per heavy atom. The van der Waals surface area contributed by atoms with Crippen LogP contribution in [-0.4, -0.2) is 27.7 Å². The molecule has 0 saturated heterocycles. The number of hydrogen-bond acceptors (Lipinski definition) is 6. The summed E-state index contributed by atoms with van der Waals surface area (Å²) in [5.41, 5.74) is -1.44. The molecule has 0 bridgehead atoms. The summed E-state index contributed by atoms with van der Waals surface area (Å²) >= 11 is 0. The van der Waals surface area contributed by atoms with Crippen molar-refractivity contribution in [3.63, 3.8) is 0 Å². The summed E-state index contributed by atoms with van der Waals surface area (Å²) < 4.78 is 10.3. The molecule has 126 valence electrons. The zero-order valence-electron chi connectivity index (χ0n) is 13.9. The lowest BCUT2D eigenvalue weighted by atomic mass is 9.96. The summed E-state index contributed by atoms with van der Waals surface area (Å²) in [4.78, 5) is 16.2. The third-order valence-corrected chi connectivity index (χ3v) is 3.39. The minimum absolute atomic E-state index is 0.0659. The summed E-state index contributed by atoms with van der Waals surface area (Å²) in [6.45, 7) is 7.62. The summed E-state index contributed by atoms with van der Waals surface area (Å²) in [6, 6.07) is 3.35. The van der Waals surface area contributed by atoms with E-state index in [2.05, 4.69) is 15.5 Å². The van der Waals surface area contributed by atoms with Crippen molar-refractivity contribution >= 4 is 5.91 Å². The molecule has 0 spiro atoms. The van der Waals surface area contributed by atoms with Gasteiger partial charge in [-0.25, -0.2) is 0 Å². The Labute approximate surface area is 135 Å². The molecule has 2 rings (SSSR count). The molecule has 23 heavy (non-hydrogen) atoms. The van der Waals surface area contributed by atoms with E-state index in [0.717, 1.165) is 0 Å². The molecule has 0 fully saturated rings. The first-order valence-electron chi connectivity index (χ1n) is 7.54. The second kappa shape index (κ2) is 6.54. The van der Waals surface area contributed by atoms with Crippen LogP contribution < -0.4 is 5.32 Å². The molecular formula is C16H23N3O4. The van der Waals surface area contributed by atoms with Gasteiger partial charge in [0, 0.05) is 18.3 Å². The Hall–Kier alpha value is -2.15. The molecule has 7 nitrogen and oxygen atoms in total. The van der Waals surface area contributed by atoms with Crippen LogP contribution in [0.3, 0.4) is 0 Å². The molecule has 7 heteroatoms. The van der Waals surface area contributed by atoms with Crippen molar-refractivity contribution < 1.29 is 18.8 Å². The smallest absolute Gasteiger partial charge is 0.227 e. The van der Waals surface area contributed by atoms with Crippen LogP contribution in [0.1, 0.15) is 51.6 Å². The van der Waals surface area contributed by atoms with E-state index < -0.39 is 5.60 Å². The summed E-state index contributed by atoms with van der Waals surface area (Å²) in [5.74, 6) is 1.26. The number of rotatable bonds is 6. The van der Waals surface area contributed by atoms with Crippen molar-refractivity contribution in [1.29, 1.82) is 0 Å². The van der Waals surface area contributed by atoms with Gasteiger partial charge in [-0.3, -0.25) is 4.79 Å². The van der Waals surface area contributed by atoms with Crippen molar-refractivity contribution in [1.82, 2.24) is 15.5 Å². The van der Waals surface area contributed by atoms with Crippen molar-refractivity contribution in [3.8, 4) is 0 Å². The van der Waals surface area contributed by atoms with Crippen LogP contribution in [-0.2, 0) is 22.2 Å². The Bertz CT molecular complexity index is 639. The van der Waals surface area contributed by atoms with Crippen molar-refractivity contribution in [2.24, 2.45) is 0 Å². The zero-order valence-corrected chi connectivity index (χ0v) is 13.9. The van der Waals surface area contributed by atoms with Crippen LogP contribution >= 0.6 is 0 Å². The standard InChI is InChI=1S/C16H23N3O4/c1-15(2,3)14-18-13(23-19-14)8-7-12(20)17-10-16(4,21)11-6-5-9-22-11/h5-6,9,21H,7-8,10H2,1-4H3,(H,17,20). The van der Waals surface area contributed by atoms with E-state index in [4.69, 9.17) is 8.94 Å². The lowest BCUT2D eigenvalue weighted by Gasteiger charge is -2.21. The highest BCUT2D eigenvalue weighted by atomic mass is 16.5. The first-order valence-corrected chi connectivity index (χ1v) is 7.54. The van der Waals surface area contributed by atoms with Gasteiger partial charge < -0.3 is 19.4 Å². The van der Waals surface area contributed by atoms with Gasteiger partial charge in [-0.15, -0.1) is 0 Å². The molecular weight excluding hydrogens is 298 g/mol. The molecule has 0 aliphatic carbocycles. The second-order valence-corrected chi connectivity index (χ2v) is 6.79. The number of aryl methyl sites for hydroxylation is 1. The lowest BCUT2D eigenvalue weighted by Crippen LogP contribution is -2.38. The van der Waals surface area contributed by atoms with Gasteiger partial charge >= 0.3 is 0 Å². The molecule has 1 unspecified atom stereocenters. The predicted molar refractivity (Wildman–Crippen MR) is 82.6 cm³/mol. The lowest BCUT2D eigenvalue weighted by molar-refractivity contribution is -0.122. The fourth-order valence-electron chi connectivity index (χ4n) is 1.91. The topological polar surface area (TPSA) is 101 Å². The highest BCUT2D eigenvalue weighted by Crippen LogP contribution is 2.20. The number of aliphatic hydroxyl groups is 1. The molecule has 0 aliphatic rings. The fourth-order valence-corrected chi connectivity index (χ4v) is 1.91. The number of amides is 1. The monoisotopic (exact) mass is 321 g/mol. The average molecular weight is 321 g/mol. The molecule has 0 aromatic carbocycles. The molecule has 0 aliphatic heterocycles. The molecule has 2 N–H and O–H groups in total. The van der Waals surface area contributed by atoms with E-state index in [0.29, 0.717) is 23.9 Å². The van der Waals surface area contributed by atoms with Crippen LogP contribution in [0.5, 0.6) is 0 Å². The van der Waals surface area contributed by atoms with Gasteiger partial charge in [0.2, 0.25) is 11.8 Å². The summed E-state index contributed by atoms with van der Waals surface area (Å²) in [5, 5.41) is 16.8. The minimum Gasteiger partial charge on any atom is -0.466 e. The van der Waals surface area contributed by atoms with Gasteiger partial charge in [0.05, 0.1) is 12.8 Å². The van der Waals surface area contributed by atoms with E-state index in [1.54, 1.807) is 19.1 Å². The van der Waals surface area contributed by atoms with Crippen molar-refractivity contribution in [2.75, 3.05) is 6.54 Å². The zero-order chi connectivity index (χ0) is 17.1. The van der Waals surface area contributed by atoms with Crippen LogP contribution in [0.2, 0.25) is 0 Å². The van der Waals surface area contributed by atoms with Gasteiger partial charge in [-0.2, -0.15) is 4.98 Å². The molecule has 1 atom stereocenters. The SMILES string of the molecule is CC(C)(C)c1noc(CCC(=O)NCC(C)(O)c2ccco2)n1. The predicted octanol–water partition coefficient (Wildman–Crippen LogP) is 1.92. The number of nitrogens with zero attached hydrogens (tertiary/aromatic N) is 2. The Morgan fingerprint density at radius 3 is 2.65 bits per heavy atom. The van der Waals surface area contributed by atoms with Gasteiger partial charge in [-0.05, 0) is 19.1 Å². The molecule has 0 saturated carbocycles. The van der Waals surface area contributed by atoms with Crippen molar-refractivity contribution in [3.05, 3.63) is 35.9 Å². The third-order valence-electron chi connectivity index (χ3n) is 3.39. The maximum Gasteiger partial charge on any atom is 0.227 e. The van der Waals surface area contributed by atoms with Crippen LogP contribution in [0, 0.1) is 0 Å². The van der Waals surface area contributed by atoms with Gasteiger partial charge in [0.15, 0.2) is 5.82 Å². The van der Waals surface area contributed by atoms with E-state index in [1.807, 2.05) is 20.8 Å². The molecule has 1 amide bonds. The number of carbonyl (C=O) groups excluding carboxylic acids is 1. The number of carbonyl (C=O) groups is 1. The minimum atomic E-state index is -1.25. The Morgan fingerprint density at radius 1 is 1.35 bits per heavy atom. The second-order valence-electron chi connectivity index (χ2n) is 6.79. The van der Waals surface area contributed by atoms with E-state index in [1.165, 1.54) is 6.26 Å². The molecule has 0 radical (unpaired) electrons. The number of furan rings is 1. The van der Waals surface area contributed by atoms with Gasteiger partial charge in [0.25, 0.3) is 0 Å². The first kappa shape index (κ1) is 17.2. The first-order chi connectivity index (χ1) is 10.7. The third kappa shape index (κ3) is 4.66. The Balaban J connectivity index is 1.80. The largest absolute Gasteiger partial charge is 0.466 e. The number of hydrogen-bond donors (Lipinski definition) is 2. The molecule has 2 aromatic heterocycles.